The molecule has 2 nitrogen and oxygen atoms in total. The number of likely N-dealkylation sites (N-methyl/N-ethyl adjacent to an activating group) is 1. The molecule has 1 aromatic heterocycles. The molecule has 0 aliphatic heterocycles. The topological polar surface area (TPSA) is 25.2 Å². The van der Waals surface area contributed by atoms with Gasteiger partial charge in [-0.25, -0.2) is 0 Å². The van der Waals surface area contributed by atoms with Gasteiger partial charge in [0.15, 0.2) is 4.67 Å². The van der Waals surface area contributed by atoms with E-state index in [4.69, 9.17) is 4.42 Å². The van der Waals surface area contributed by atoms with E-state index in [1.807, 2.05) is 13.1 Å². The zero-order chi connectivity index (χ0) is 9.47. The van der Waals surface area contributed by atoms with Gasteiger partial charge in [0.1, 0.15) is 5.76 Å². The third-order valence-corrected chi connectivity index (χ3v) is 3.26. The molecule has 72 valence electrons. The lowest BCUT2D eigenvalue weighted by atomic mass is 10.1. The lowest BCUT2D eigenvalue weighted by Crippen LogP contribution is -2.29. The van der Waals surface area contributed by atoms with Gasteiger partial charge >= 0.3 is 0 Å². The Balaban J connectivity index is 2.13. The van der Waals surface area contributed by atoms with Crippen molar-refractivity contribution in [2.24, 2.45) is 0 Å². The van der Waals surface area contributed by atoms with Crippen molar-refractivity contribution in [1.82, 2.24) is 5.32 Å². The van der Waals surface area contributed by atoms with E-state index in [1.54, 1.807) is 0 Å². The minimum Gasteiger partial charge on any atom is -0.454 e. The number of hydrogen-bond donors (Lipinski definition) is 1. The SMILES string of the molecule is CNC1(Cc2oc(Br)cc2C)CC1. The lowest BCUT2D eigenvalue weighted by molar-refractivity contribution is 0.435. The molecule has 1 saturated carbocycles. The van der Waals surface area contributed by atoms with E-state index in [2.05, 4.69) is 28.2 Å². The highest BCUT2D eigenvalue weighted by atomic mass is 79.9. The number of hydrogen-bond acceptors (Lipinski definition) is 2. The predicted octanol–water partition coefficient (Wildman–Crippen LogP) is 2.65. The van der Waals surface area contributed by atoms with Crippen molar-refractivity contribution in [2.45, 2.75) is 31.7 Å². The van der Waals surface area contributed by atoms with Crippen molar-refractivity contribution in [3.8, 4) is 0 Å². The second-order valence-electron chi connectivity index (χ2n) is 3.86. The van der Waals surface area contributed by atoms with Gasteiger partial charge in [0.25, 0.3) is 0 Å². The first-order chi connectivity index (χ1) is 6.15. The highest BCUT2D eigenvalue weighted by Gasteiger charge is 2.42. The van der Waals surface area contributed by atoms with E-state index in [-0.39, 0.29) is 0 Å². The first-order valence-corrected chi connectivity index (χ1v) is 5.38. The predicted molar refractivity (Wildman–Crippen MR) is 55.9 cm³/mol. The van der Waals surface area contributed by atoms with Gasteiger partial charge in [0, 0.05) is 12.0 Å². The van der Waals surface area contributed by atoms with Gasteiger partial charge in [0.2, 0.25) is 0 Å². The van der Waals surface area contributed by atoms with Crippen LogP contribution in [0.15, 0.2) is 15.2 Å². The summed E-state index contributed by atoms with van der Waals surface area (Å²) in [6.45, 7) is 2.09. The van der Waals surface area contributed by atoms with Gasteiger partial charge in [0.05, 0.1) is 0 Å². The third-order valence-electron chi connectivity index (χ3n) is 2.87. The second kappa shape index (κ2) is 3.14. The van der Waals surface area contributed by atoms with Crippen molar-refractivity contribution < 1.29 is 4.42 Å². The summed E-state index contributed by atoms with van der Waals surface area (Å²) in [6.07, 6.45) is 3.55. The molecule has 0 bridgehead atoms. The zero-order valence-electron chi connectivity index (χ0n) is 7.98. The van der Waals surface area contributed by atoms with Crippen LogP contribution in [0.2, 0.25) is 0 Å². The molecule has 3 heteroatoms. The molecule has 0 radical (unpaired) electrons. The number of rotatable bonds is 3. The fraction of sp³-hybridized carbons (Fsp3) is 0.600. The maximum Gasteiger partial charge on any atom is 0.169 e. The van der Waals surface area contributed by atoms with Crippen LogP contribution in [-0.4, -0.2) is 12.6 Å². The molecule has 0 spiro atoms. The fourth-order valence-electron chi connectivity index (χ4n) is 1.63. The van der Waals surface area contributed by atoms with E-state index in [9.17, 15) is 0 Å². The van der Waals surface area contributed by atoms with Crippen LogP contribution >= 0.6 is 15.9 Å². The molecule has 0 unspecified atom stereocenters. The van der Waals surface area contributed by atoms with Crippen LogP contribution < -0.4 is 5.32 Å². The van der Waals surface area contributed by atoms with E-state index >= 15 is 0 Å². The molecule has 1 aliphatic carbocycles. The summed E-state index contributed by atoms with van der Waals surface area (Å²) in [6, 6.07) is 2.03. The Morgan fingerprint density at radius 2 is 2.31 bits per heavy atom. The Hall–Kier alpha value is -0.280. The Morgan fingerprint density at radius 1 is 1.62 bits per heavy atom. The molecule has 1 aromatic rings. The molecule has 0 saturated heterocycles. The van der Waals surface area contributed by atoms with Crippen LogP contribution in [-0.2, 0) is 6.42 Å². The summed E-state index contributed by atoms with van der Waals surface area (Å²) in [5.74, 6) is 1.11. The number of aryl methyl sites for hydroxylation is 1. The van der Waals surface area contributed by atoms with Crippen LogP contribution in [0.5, 0.6) is 0 Å². The molecular weight excluding hydrogens is 230 g/mol. The van der Waals surface area contributed by atoms with Gasteiger partial charge in [-0.3, -0.25) is 0 Å². The third kappa shape index (κ3) is 1.81. The van der Waals surface area contributed by atoms with Crippen molar-refractivity contribution in [2.75, 3.05) is 7.05 Å². The van der Waals surface area contributed by atoms with Gasteiger partial charge in [-0.1, -0.05) is 0 Å². The van der Waals surface area contributed by atoms with Gasteiger partial charge in [-0.05, 0) is 54.4 Å². The maximum absolute atomic E-state index is 5.57. The van der Waals surface area contributed by atoms with Crippen LogP contribution in [0.4, 0.5) is 0 Å². The Morgan fingerprint density at radius 3 is 2.69 bits per heavy atom. The van der Waals surface area contributed by atoms with Crippen LogP contribution in [0.1, 0.15) is 24.2 Å². The molecular formula is C10H14BrNO. The molecule has 0 aromatic carbocycles. The van der Waals surface area contributed by atoms with E-state index in [1.165, 1.54) is 18.4 Å². The zero-order valence-corrected chi connectivity index (χ0v) is 9.57. The van der Waals surface area contributed by atoms with Crippen molar-refractivity contribution in [3.05, 3.63) is 22.1 Å². The first kappa shape index (κ1) is 9.28. The van der Waals surface area contributed by atoms with Crippen molar-refractivity contribution in [1.29, 1.82) is 0 Å². The van der Waals surface area contributed by atoms with E-state index in [0.29, 0.717) is 5.54 Å². The van der Waals surface area contributed by atoms with Gasteiger partial charge in [-0.15, -0.1) is 0 Å². The molecule has 0 atom stereocenters. The van der Waals surface area contributed by atoms with E-state index in [0.717, 1.165) is 16.9 Å². The molecule has 13 heavy (non-hydrogen) atoms. The van der Waals surface area contributed by atoms with Gasteiger partial charge < -0.3 is 9.73 Å². The standard InChI is InChI=1S/C10H14BrNO/c1-7-5-9(11)13-8(7)6-10(12-2)3-4-10/h5,12H,3-4,6H2,1-2H3. The molecule has 0 amide bonds. The number of nitrogens with one attached hydrogen (secondary N) is 1. The summed E-state index contributed by atoms with van der Waals surface area (Å²) >= 11 is 3.35. The van der Waals surface area contributed by atoms with Crippen LogP contribution in [0.25, 0.3) is 0 Å². The lowest BCUT2D eigenvalue weighted by Gasteiger charge is -2.11. The van der Waals surface area contributed by atoms with Crippen molar-refractivity contribution in [3.63, 3.8) is 0 Å². The average Bonchev–Trinajstić information content (AvgIpc) is 2.77. The average molecular weight is 244 g/mol. The Labute approximate surface area is 86.8 Å². The molecule has 1 N–H and O–H groups in total. The summed E-state index contributed by atoms with van der Waals surface area (Å²) in [7, 11) is 2.03. The monoisotopic (exact) mass is 243 g/mol. The second-order valence-corrected chi connectivity index (χ2v) is 4.65. The van der Waals surface area contributed by atoms with Crippen LogP contribution in [0.3, 0.4) is 0 Å². The normalized spacial score (nSPS) is 19.0. The molecule has 1 aliphatic rings. The number of furan rings is 1. The summed E-state index contributed by atoms with van der Waals surface area (Å²) in [5, 5.41) is 3.36. The highest BCUT2D eigenvalue weighted by molar-refractivity contribution is 9.10. The number of halogens is 1. The fourth-order valence-corrected chi connectivity index (χ4v) is 2.17. The summed E-state index contributed by atoms with van der Waals surface area (Å²) < 4.78 is 6.41. The smallest absolute Gasteiger partial charge is 0.169 e. The van der Waals surface area contributed by atoms with E-state index < -0.39 is 0 Å². The Kier molecular flexibility index (Phi) is 2.24. The van der Waals surface area contributed by atoms with Crippen LogP contribution in [0, 0.1) is 6.92 Å². The maximum atomic E-state index is 5.57. The molecule has 1 heterocycles. The highest BCUT2D eigenvalue weighted by Crippen LogP contribution is 2.39. The minimum atomic E-state index is 0.335. The first-order valence-electron chi connectivity index (χ1n) is 4.59. The van der Waals surface area contributed by atoms with Gasteiger partial charge in [-0.2, -0.15) is 0 Å². The largest absolute Gasteiger partial charge is 0.454 e. The summed E-state index contributed by atoms with van der Waals surface area (Å²) in [4.78, 5) is 0. The molecule has 1 fully saturated rings. The summed E-state index contributed by atoms with van der Waals surface area (Å²) in [5.41, 5.74) is 1.58. The minimum absolute atomic E-state index is 0.335. The van der Waals surface area contributed by atoms with Crippen molar-refractivity contribution >= 4 is 15.9 Å². The quantitative estimate of drug-likeness (QED) is 0.884. The molecule has 2 rings (SSSR count). The Bertz CT molecular complexity index is 315.